The lowest BCUT2D eigenvalue weighted by molar-refractivity contribution is -0.384. The van der Waals surface area contributed by atoms with Crippen molar-refractivity contribution in [1.82, 2.24) is 14.5 Å². The second-order valence-corrected chi connectivity index (χ2v) is 18.6. The van der Waals surface area contributed by atoms with Gasteiger partial charge in [-0.2, -0.15) is 0 Å². The number of carbonyl (C=O) groups excluding carboxylic acids is 2. The number of piperazine rings is 1. The summed E-state index contributed by atoms with van der Waals surface area (Å²) in [6.07, 6.45) is 2.52. The number of anilines is 2. The van der Waals surface area contributed by atoms with Gasteiger partial charge in [-0.25, -0.2) is 13.1 Å². The highest BCUT2D eigenvalue weighted by Gasteiger charge is 2.26. The van der Waals surface area contributed by atoms with Crippen molar-refractivity contribution in [1.29, 1.82) is 0 Å². The Bertz CT molecular complexity index is 2420. The summed E-state index contributed by atoms with van der Waals surface area (Å²) in [6.45, 7) is 5.46. The van der Waals surface area contributed by atoms with Crippen LogP contribution < -0.4 is 14.9 Å². The van der Waals surface area contributed by atoms with Gasteiger partial charge in [0.1, 0.15) is 5.69 Å². The molecular weight excluding hydrogens is 860 g/mol. The molecule has 1 saturated heterocycles. The standard InChI is InChI=1S/C47H53ClN6O7S2/c1-51(26-9-8-14-46(55)61-2)27-25-39(34-62-41-11-4-3-5-12-41)49-44-24-23-42(32-45(44)54(57)58)63(59,60)50-47(56)36-17-21-40(22-18-36)53-30-28-52(29-31-53)33-37-10-6-7-13-43(37)35-15-19-38(48)20-16-35/h3-7,10-13,15-24,32,39,49H,8-9,14,25-31,33-34H2,1-2H3,(H,50,56). The van der Waals surface area contributed by atoms with Crippen LogP contribution in [0.25, 0.3) is 11.1 Å². The quantitative estimate of drug-likeness (QED) is 0.0238. The Morgan fingerprint density at radius 1 is 0.889 bits per heavy atom. The number of sulfonamides is 1. The van der Waals surface area contributed by atoms with Gasteiger partial charge in [0.25, 0.3) is 21.6 Å². The zero-order valence-electron chi connectivity index (χ0n) is 35.5. The third-order valence-corrected chi connectivity index (χ3v) is 13.7. The topological polar surface area (TPSA) is 154 Å². The van der Waals surface area contributed by atoms with E-state index in [9.17, 15) is 28.1 Å². The van der Waals surface area contributed by atoms with E-state index in [2.05, 4.69) is 42.9 Å². The van der Waals surface area contributed by atoms with Gasteiger partial charge in [0, 0.05) is 78.2 Å². The maximum atomic E-state index is 13.5. The number of nitro groups is 1. The number of unbranched alkanes of at least 4 members (excludes halogenated alkanes) is 1. The molecule has 5 aromatic rings. The monoisotopic (exact) mass is 912 g/mol. The van der Waals surface area contributed by atoms with Crippen LogP contribution in [0.4, 0.5) is 17.1 Å². The Labute approximate surface area is 379 Å². The SMILES string of the molecule is COC(=O)CCCCN(C)CCC(CSc1ccccc1)Nc1ccc(S(=O)(=O)NC(=O)c2ccc(N3CCN(Cc4ccccc4-c4ccc(Cl)cc4)CC3)cc2)cc1[N+](=O)[O-]. The summed E-state index contributed by atoms with van der Waals surface area (Å²) in [5.74, 6) is -0.495. The third kappa shape index (κ3) is 13.8. The summed E-state index contributed by atoms with van der Waals surface area (Å²) in [4.78, 5) is 43.9. The molecule has 13 nitrogen and oxygen atoms in total. The molecule has 1 unspecified atom stereocenters. The molecule has 1 fully saturated rings. The van der Waals surface area contributed by atoms with Crippen molar-refractivity contribution < 1.29 is 27.7 Å². The van der Waals surface area contributed by atoms with Gasteiger partial charge >= 0.3 is 5.97 Å². The number of nitro benzene ring substituents is 1. The highest BCUT2D eigenvalue weighted by atomic mass is 35.5. The van der Waals surface area contributed by atoms with Gasteiger partial charge in [0.05, 0.1) is 16.9 Å². The number of nitrogens with zero attached hydrogens (tertiary/aromatic N) is 4. The number of halogens is 1. The lowest BCUT2D eigenvalue weighted by Crippen LogP contribution is -2.46. The van der Waals surface area contributed by atoms with Gasteiger partial charge < -0.3 is 19.9 Å². The summed E-state index contributed by atoms with van der Waals surface area (Å²) in [5, 5.41) is 16.4. The van der Waals surface area contributed by atoms with Crippen molar-refractivity contribution in [2.75, 3.05) is 69.4 Å². The first kappa shape index (κ1) is 47.0. The molecule has 0 aliphatic carbocycles. The first-order valence-electron chi connectivity index (χ1n) is 20.8. The van der Waals surface area contributed by atoms with Crippen LogP contribution in [-0.4, -0.2) is 100 Å². The van der Waals surface area contributed by atoms with Gasteiger partial charge in [-0.05, 0) is 117 Å². The molecule has 63 heavy (non-hydrogen) atoms. The van der Waals surface area contributed by atoms with Crippen molar-refractivity contribution in [3.8, 4) is 11.1 Å². The van der Waals surface area contributed by atoms with E-state index >= 15 is 0 Å². The van der Waals surface area contributed by atoms with Gasteiger partial charge in [-0.15, -0.1) is 11.8 Å². The minimum Gasteiger partial charge on any atom is -0.469 e. The van der Waals surface area contributed by atoms with Gasteiger partial charge in [-0.3, -0.25) is 24.6 Å². The van der Waals surface area contributed by atoms with E-state index in [-0.39, 0.29) is 23.3 Å². The van der Waals surface area contributed by atoms with E-state index in [1.165, 1.54) is 30.4 Å². The normalized spacial score (nSPS) is 13.7. The van der Waals surface area contributed by atoms with Gasteiger partial charge in [0.2, 0.25) is 0 Å². The van der Waals surface area contributed by atoms with Crippen molar-refractivity contribution >= 4 is 62.3 Å². The van der Waals surface area contributed by atoms with Crippen LogP contribution >= 0.6 is 23.4 Å². The Kier molecular flexibility index (Phi) is 17.0. The number of methoxy groups -OCH3 is 1. The number of benzene rings is 5. The smallest absolute Gasteiger partial charge is 0.305 e. The Morgan fingerprint density at radius 3 is 2.29 bits per heavy atom. The lowest BCUT2D eigenvalue weighted by Gasteiger charge is -2.36. The van der Waals surface area contributed by atoms with Crippen molar-refractivity contribution in [3.63, 3.8) is 0 Å². The van der Waals surface area contributed by atoms with E-state index in [0.717, 1.165) is 67.9 Å². The molecule has 1 atom stereocenters. The number of hydrogen-bond acceptors (Lipinski definition) is 12. The molecule has 0 aromatic heterocycles. The summed E-state index contributed by atoms with van der Waals surface area (Å²) in [5.41, 5.74) is 4.33. The number of rotatable bonds is 21. The summed E-state index contributed by atoms with van der Waals surface area (Å²) in [6, 6.07) is 36.2. The molecule has 2 N–H and O–H groups in total. The third-order valence-electron chi connectivity index (χ3n) is 10.9. The van der Waals surface area contributed by atoms with E-state index in [1.807, 2.05) is 67.7 Å². The molecule has 1 aliphatic heterocycles. The largest absolute Gasteiger partial charge is 0.469 e. The molecule has 0 saturated carbocycles. The van der Waals surface area contributed by atoms with E-state index in [4.69, 9.17) is 16.3 Å². The van der Waals surface area contributed by atoms with E-state index in [0.29, 0.717) is 36.6 Å². The second kappa shape index (κ2) is 22.8. The molecule has 1 aliphatic rings. The van der Waals surface area contributed by atoms with Crippen LogP contribution in [0.15, 0.2) is 131 Å². The average Bonchev–Trinajstić information content (AvgIpc) is 3.29. The van der Waals surface area contributed by atoms with Gasteiger partial charge in [0.15, 0.2) is 0 Å². The maximum absolute atomic E-state index is 13.5. The fourth-order valence-electron chi connectivity index (χ4n) is 7.36. The minimum absolute atomic E-state index is 0.139. The molecule has 16 heteroatoms. The predicted octanol–water partition coefficient (Wildman–Crippen LogP) is 8.59. The molecular formula is C47H53ClN6O7S2. The molecule has 0 radical (unpaired) electrons. The van der Waals surface area contributed by atoms with Crippen molar-refractivity contribution in [3.05, 3.63) is 148 Å². The average molecular weight is 914 g/mol. The number of ether oxygens (including phenoxy) is 1. The molecule has 0 spiro atoms. The molecule has 1 heterocycles. The Morgan fingerprint density at radius 2 is 1.59 bits per heavy atom. The first-order valence-corrected chi connectivity index (χ1v) is 23.7. The van der Waals surface area contributed by atoms with Gasteiger partial charge in [-0.1, -0.05) is 66.2 Å². The molecule has 332 valence electrons. The zero-order chi connectivity index (χ0) is 44.8. The fourth-order valence-corrected chi connectivity index (χ4v) is 9.47. The van der Waals surface area contributed by atoms with Crippen LogP contribution in [-0.2, 0) is 26.1 Å². The molecule has 5 aromatic carbocycles. The highest BCUT2D eigenvalue weighted by Crippen LogP contribution is 2.31. The van der Waals surface area contributed by atoms with E-state index in [1.54, 1.807) is 36.0 Å². The Balaban J connectivity index is 1.05. The number of nitrogens with one attached hydrogen (secondary N) is 2. The van der Waals surface area contributed by atoms with Crippen LogP contribution in [0.3, 0.4) is 0 Å². The van der Waals surface area contributed by atoms with Crippen molar-refractivity contribution in [2.24, 2.45) is 0 Å². The second-order valence-electron chi connectivity index (χ2n) is 15.4. The summed E-state index contributed by atoms with van der Waals surface area (Å²) in [7, 11) is -1.11. The van der Waals surface area contributed by atoms with E-state index < -0.39 is 31.4 Å². The molecule has 0 bridgehead atoms. The number of hydrogen-bond donors (Lipinski definition) is 2. The molecule has 6 rings (SSSR count). The van der Waals surface area contributed by atoms with Crippen LogP contribution in [0.5, 0.6) is 0 Å². The summed E-state index contributed by atoms with van der Waals surface area (Å²) < 4.78 is 33.8. The van der Waals surface area contributed by atoms with Crippen LogP contribution in [0, 0.1) is 10.1 Å². The first-order chi connectivity index (χ1) is 30.4. The van der Waals surface area contributed by atoms with Crippen LogP contribution in [0.1, 0.15) is 41.6 Å². The summed E-state index contributed by atoms with van der Waals surface area (Å²) >= 11 is 7.73. The predicted molar refractivity (Wildman–Crippen MR) is 251 cm³/mol. The minimum atomic E-state index is -4.47. The molecule has 1 amide bonds. The van der Waals surface area contributed by atoms with Crippen LogP contribution in [0.2, 0.25) is 5.02 Å². The van der Waals surface area contributed by atoms with Crippen molar-refractivity contribution in [2.45, 2.75) is 48.1 Å². The number of amides is 1. The highest BCUT2D eigenvalue weighted by molar-refractivity contribution is 7.99. The fraction of sp³-hybridized carbons (Fsp3) is 0.319. The number of thioether (sulfide) groups is 1. The Hall–Kier alpha value is -5.45. The zero-order valence-corrected chi connectivity index (χ0v) is 37.8. The maximum Gasteiger partial charge on any atom is 0.305 e. The number of carbonyl (C=O) groups is 2. The lowest BCUT2D eigenvalue weighted by atomic mass is 9.99. The number of esters is 1.